The highest BCUT2D eigenvalue weighted by Gasteiger charge is 2.37. The summed E-state index contributed by atoms with van der Waals surface area (Å²) in [5.74, 6) is 2.04. The number of nitrogens with zero attached hydrogens (tertiary/aromatic N) is 3. The molecule has 0 spiro atoms. The summed E-state index contributed by atoms with van der Waals surface area (Å²) in [6.07, 6.45) is 0. The Morgan fingerprint density at radius 3 is 1.90 bits per heavy atom. The Bertz CT molecular complexity index is 2120. The van der Waals surface area contributed by atoms with Gasteiger partial charge >= 0.3 is 0 Å². The molecule has 0 unspecified atom stereocenters. The Labute approximate surface area is 239 Å². The Morgan fingerprint density at radius 1 is 0.439 bits per heavy atom. The van der Waals surface area contributed by atoms with Crippen LogP contribution in [0.1, 0.15) is 25.0 Å². The summed E-state index contributed by atoms with van der Waals surface area (Å²) >= 11 is 0. The van der Waals surface area contributed by atoms with Gasteiger partial charge in [-0.25, -0.2) is 15.0 Å². The molecule has 3 heteroatoms. The van der Waals surface area contributed by atoms with Crippen LogP contribution in [0.4, 0.5) is 0 Å². The minimum Gasteiger partial charge on any atom is -0.208 e. The van der Waals surface area contributed by atoms with Crippen molar-refractivity contribution in [3.8, 4) is 45.3 Å². The lowest BCUT2D eigenvalue weighted by Gasteiger charge is -2.24. The summed E-state index contributed by atoms with van der Waals surface area (Å²) in [7, 11) is 0. The van der Waals surface area contributed by atoms with Crippen LogP contribution in [0.3, 0.4) is 0 Å². The first-order chi connectivity index (χ1) is 20.1. The SMILES string of the molecule is CC1(C)c2ccccc2-c2ccc3cccc(-c4nc(-c5ccccc5)nc(-c5cccc6ccccc56)n4)c3c21. The number of rotatable bonds is 3. The molecule has 41 heavy (non-hydrogen) atoms. The topological polar surface area (TPSA) is 38.7 Å². The Hall–Kier alpha value is -5.15. The quantitative estimate of drug-likeness (QED) is 0.231. The second-order valence-corrected chi connectivity index (χ2v) is 11.3. The van der Waals surface area contributed by atoms with Crippen LogP contribution in [0.25, 0.3) is 66.8 Å². The Morgan fingerprint density at radius 2 is 1.05 bits per heavy atom. The first-order valence-corrected chi connectivity index (χ1v) is 14.1. The molecule has 3 nitrogen and oxygen atoms in total. The molecular weight excluding hydrogens is 498 g/mol. The summed E-state index contributed by atoms with van der Waals surface area (Å²) in [5.41, 5.74) is 8.13. The third kappa shape index (κ3) is 3.63. The molecule has 0 saturated heterocycles. The first kappa shape index (κ1) is 23.7. The lowest BCUT2D eigenvalue weighted by atomic mass is 9.79. The molecule has 1 aliphatic rings. The number of aromatic nitrogens is 3. The van der Waals surface area contributed by atoms with Gasteiger partial charge in [-0.15, -0.1) is 0 Å². The van der Waals surface area contributed by atoms with Crippen LogP contribution in [0, 0.1) is 0 Å². The molecule has 0 aliphatic heterocycles. The maximum atomic E-state index is 5.20. The third-order valence-electron chi connectivity index (χ3n) is 8.50. The molecule has 1 aromatic heterocycles. The molecule has 194 valence electrons. The van der Waals surface area contributed by atoms with Crippen LogP contribution in [-0.4, -0.2) is 15.0 Å². The normalized spacial score (nSPS) is 13.3. The van der Waals surface area contributed by atoms with Crippen LogP contribution in [0.15, 0.2) is 127 Å². The monoisotopic (exact) mass is 525 g/mol. The average molecular weight is 526 g/mol. The molecule has 6 aromatic carbocycles. The fraction of sp³-hybridized carbons (Fsp3) is 0.0789. The fourth-order valence-electron chi connectivity index (χ4n) is 6.59. The average Bonchev–Trinajstić information content (AvgIpc) is 3.27. The fourth-order valence-corrected chi connectivity index (χ4v) is 6.59. The van der Waals surface area contributed by atoms with E-state index < -0.39 is 0 Å². The van der Waals surface area contributed by atoms with E-state index in [1.807, 2.05) is 18.2 Å². The van der Waals surface area contributed by atoms with E-state index in [4.69, 9.17) is 15.0 Å². The van der Waals surface area contributed by atoms with Crippen molar-refractivity contribution in [2.75, 3.05) is 0 Å². The number of hydrogen-bond acceptors (Lipinski definition) is 3. The minimum atomic E-state index is -0.157. The van der Waals surface area contributed by atoms with Gasteiger partial charge in [0.25, 0.3) is 0 Å². The molecule has 0 N–H and O–H groups in total. The number of fused-ring (bicyclic) bond motifs is 6. The van der Waals surface area contributed by atoms with Crippen molar-refractivity contribution < 1.29 is 0 Å². The Kier molecular flexibility index (Phi) is 5.17. The lowest BCUT2D eigenvalue weighted by Crippen LogP contribution is -2.16. The van der Waals surface area contributed by atoms with Crippen molar-refractivity contribution in [3.63, 3.8) is 0 Å². The van der Waals surface area contributed by atoms with Gasteiger partial charge in [-0.05, 0) is 43.8 Å². The molecule has 0 radical (unpaired) electrons. The van der Waals surface area contributed by atoms with E-state index in [2.05, 4.69) is 123 Å². The van der Waals surface area contributed by atoms with Gasteiger partial charge in [0, 0.05) is 22.1 Å². The lowest BCUT2D eigenvalue weighted by molar-refractivity contribution is 0.666. The smallest absolute Gasteiger partial charge is 0.164 e. The molecular formula is C38H27N3. The van der Waals surface area contributed by atoms with Gasteiger partial charge in [0.2, 0.25) is 0 Å². The molecule has 0 saturated carbocycles. The van der Waals surface area contributed by atoms with Gasteiger partial charge in [0.1, 0.15) is 0 Å². The highest BCUT2D eigenvalue weighted by molar-refractivity contribution is 6.05. The minimum absolute atomic E-state index is 0.157. The van der Waals surface area contributed by atoms with Crippen molar-refractivity contribution in [1.29, 1.82) is 0 Å². The predicted molar refractivity (Wildman–Crippen MR) is 169 cm³/mol. The third-order valence-corrected chi connectivity index (χ3v) is 8.50. The van der Waals surface area contributed by atoms with E-state index in [9.17, 15) is 0 Å². The maximum absolute atomic E-state index is 5.20. The predicted octanol–water partition coefficient (Wildman–Crippen LogP) is 9.49. The van der Waals surface area contributed by atoms with Crippen molar-refractivity contribution >= 4 is 21.5 Å². The van der Waals surface area contributed by atoms with Gasteiger partial charge in [-0.1, -0.05) is 141 Å². The van der Waals surface area contributed by atoms with Crippen LogP contribution in [-0.2, 0) is 5.41 Å². The number of hydrogen-bond donors (Lipinski definition) is 0. The zero-order chi connectivity index (χ0) is 27.6. The van der Waals surface area contributed by atoms with E-state index >= 15 is 0 Å². The van der Waals surface area contributed by atoms with Crippen molar-refractivity contribution in [3.05, 3.63) is 139 Å². The molecule has 1 aliphatic carbocycles. The molecule has 0 atom stereocenters. The van der Waals surface area contributed by atoms with E-state index in [1.54, 1.807) is 0 Å². The molecule has 8 rings (SSSR count). The summed E-state index contributed by atoms with van der Waals surface area (Å²) < 4.78 is 0. The van der Waals surface area contributed by atoms with E-state index in [0.717, 1.165) is 27.5 Å². The second-order valence-electron chi connectivity index (χ2n) is 11.3. The first-order valence-electron chi connectivity index (χ1n) is 14.1. The zero-order valence-electron chi connectivity index (χ0n) is 23.0. The van der Waals surface area contributed by atoms with Crippen LogP contribution >= 0.6 is 0 Å². The van der Waals surface area contributed by atoms with Gasteiger partial charge in [0.15, 0.2) is 17.5 Å². The second kappa shape index (κ2) is 8.94. The van der Waals surface area contributed by atoms with Crippen LogP contribution in [0.5, 0.6) is 0 Å². The molecule has 0 bridgehead atoms. The Balaban J connectivity index is 1.45. The van der Waals surface area contributed by atoms with E-state index in [1.165, 1.54) is 33.0 Å². The molecule has 0 amide bonds. The van der Waals surface area contributed by atoms with Crippen molar-refractivity contribution in [2.24, 2.45) is 0 Å². The van der Waals surface area contributed by atoms with Gasteiger partial charge < -0.3 is 0 Å². The molecule has 7 aromatic rings. The largest absolute Gasteiger partial charge is 0.208 e. The van der Waals surface area contributed by atoms with E-state index in [-0.39, 0.29) is 5.41 Å². The standard InChI is InChI=1S/C38H27N3/c1-38(2)32-21-9-8-18-28(32)29-23-22-25-16-11-20-31(33(25)34(29)38)37-40-35(26-13-4-3-5-14-26)39-36(41-37)30-19-10-15-24-12-6-7-17-27(24)30/h3-23H,1-2H3. The summed E-state index contributed by atoms with van der Waals surface area (Å²) in [4.78, 5) is 15.4. The van der Waals surface area contributed by atoms with Gasteiger partial charge in [-0.3, -0.25) is 0 Å². The maximum Gasteiger partial charge on any atom is 0.164 e. The summed E-state index contributed by atoms with van der Waals surface area (Å²) in [5, 5.41) is 4.69. The summed E-state index contributed by atoms with van der Waals surface area (Å²) in [6, 6.07) is 44.7. The van der Waals surface area contributed by atoms with Gasteiger partial charge in [-0.2, -0.15) is 0 Å². The highest BCUT2D eigenvalue weighted by Crippen LogP contribution is 2.52. The van der Waals surface area contributed by atoms with Gasteiger partial charge in [0.05, 0.1) is 0 Å². The van der Waals surface area contributed by atoms with Crippen LogP contribution < -0.4 is 0 Å². The molecule has 0 fully saturated rings. The number of benzene rings is 6. The van der Waals surface area contributed by atoms with Crippen molar-refractivity contribution in [2.45, 2.75) is 19.3 Å². The van der Waals surface area contributed by atoms with Crippen molar-refractivity contribution in [1.82, 2.24) is 15.0 Å². The molecule has 1 heterocycles. The van der Waals surface area contributed by atoms with E-state index in [0.29, 0.717) is 17.5 Å². The zero-order valence-corrected chi connectivity index (χ0v) is 23.0. The highest BCUT2D eigenvalue weighted by atomic mass is 15.0. The summed E-state index contributed by atoms with van der Waals surface area (Å²) in [6.45, 7) is 4.66. The van der Waals surface area contributed by atoms with Crippen LogP contribution in [0.2, 0.25) is 0 Å².